The van der Waals surface area contributed by atoms with Gasteiger partial charge >= 0.3 is 0 Å². The highest BCUT2D eigenvalue weighted by Gasteiger charge is 2.24. The van der Waals surface area contributed by atoms with Crippen LogP contribution in [0.4, 0.5) is 0 Å². The van der Waals surface area contributed by atoms with Crippen molar-refractivity contribution in [2.24, 2.45) is 0 Å². The second-order valence-corrected chi connectivity index (χ2v) is 7.43. The van der Waals surface area contributed by atoms with Crippen LogP contribution >= 0.6 is 22.6 Å². The Morgan fingerprint density at radius 1 is 1.20 bits per heavy atom. The number of nitrogens with zero attached hydrogens (tertiary/aromatic N) is 1. The van der Waals surface area contributed by atoms with E-state index in [1.807, 2.05) is 17.0 Å². The minimum Gasteiger partial charge on any atom is -0.451 e. The van der Waals surface area contributed by atoms with Crippen molar-refractivity contribution in [1.82, 2.24) is 9.88 Å². The van der Waals surface area contributed by atoms with Gasteiger partial charge in [0.1, 0.15) is 5.76 Å². The average Bonchev–Trinajstić information content (AvgIpc) is 3.26. The summed E-state index contributed by atoms with van der Waals surface area (Å²) in [6.45, 7) is 1.59. The van der Waals surface area contributed by atoms with Crippen molar-refractivity contribution in [1.29, 1.82) is 0 Å². The highest BCUT2D eigenvalue weighted by molar-refractivity contribution is 14.1. The summed E-state index contributed by atoms with van der Waals surface area (Å²) in [5, 5.41) is 1.31. The van der Waals surface area contributed by atoms with Crippen LogP contribution in [0.15, 0.2) is 53.1 Å². The number of amides is 1. The number of piperidine rings is 1. The summed E-state index contributed by atoms with van der Waals surface area (Å²) in [4.78, 5) is 17.7. The lowest BCUT2D eigenvalue weighted by Gasteiger charge is -2.31. The Morgan fingerprint density at radius 3 is 2.76 bits per heavy atom. The zero-order valence-electron chi connectivity index (χ0n) is 13.7. The molecule has 0 atom stereocenters. The van der Waals surface area contributed by atoms with Crippen LogP contribution in [0.3, 0.4) is 0 Å². The quantitative estimate of drug-likeness (QED) is 0.465. The van der Waals surface area contributed by atoms with Crippen molar-refractivity contribution in [2.45, 2.75) is 18.8 Å². The number of furan rings is 1. The van der Waals surface area contributed by atoms with E-state index < -0.39 is 0 Å². The number of aromatic nitrogens is 1. The number of hydrogen-bond donors (Lipinski definition) is 1. The van der Waals surface area contributed by atoms with E-state index in [9.17, 15) is 4.79 Å². The molecule has 0 radical (unpaired) electrons. The summed E-state index contributed by atoms with van der Waals surface area (Å²) in [5.74, 6) is 1.28. The second-order valence-electron chi connectivity index (χ2n) is 6.36. The predicted molar refractivity (Wildman–Crippen MR) is 107 cm³/mol. The van der Waals surface area contributed by atoms with E-state index in [0.717, 1.165) is 29.7 Å². The molecule has 1 aliphatic heterocycles. The number of carbonyl (C=O) groups excluding carboxylic acids is 1. The molecule has 25 heavy (non-hydrogen) atoms. The van der Waals surface area contributed by atoms with Crippen molar-refractivity contribution in [3.8, 4) is 0 Å². The molecule has 4 rings (SSSR count). The van der Waals surface area contributed by atoms with Crippen LogP contribution in [-0.4, -0.2) is 28.9 Å². The number of benzene rings is 1. The summed E-state index contributed by atoms with van der Waals surface area (Å²) in [7, 11) is 0. The maximum absolute atomic E-state index is 12.4. The zero-order chi connectivity index (χ0) is 17.2. The van der Waals surface area contributed by atoms with Gasteiger partial charge in [-0.25, -0.2) is 0 Å². The lowest BCUT2D eigenvalue weighted by Crippen LogP contribution is -2.36. The van der Waals surface area contributed by atoms with Gasteiger partial charge in [0.2, 0.25) is 5.91 Å². The minimum atomic E-state index is 0.0591. The maximum Gasteiger partial charge on any atom is 0.246 e. The van der Waals surface area contributed by atoms with E-state index in [2.05, 4.69) is 58.0 Å². The Balaban J connectivity index is 1.39. The molecular formula is C20H19IN2O2. The van der Waals surface area contributed by atoms with Crippen LogP contribution in [0.1, 0.15) is 30.1 Å². The summed E-state index contributed by atoms with van der Waals surface area (Å²) in [5.41, 5.74) is 2.57. The molecule has 5 heteroatoms. The Labute approximate surface area is 160 Å². The second kappa shape index (κ2) is 7.07. The summed E-state index contributed by atoms with van der Waals surface area (Å²) in [6, 6.07) is 12.2. The fourth-order valence-electron chi connectivity index (χ4n) is 3.52. The first-order chi connectivity index (χ1) is 12.2. The van der Waals surface area contributed by atoms with Gasteiger partial charge in [-0.3, -0.25) is 4.79 Å². The summed E-state index contributed by atoms with van der Waals surface area (Å²) >= 11 is 2.12. The van der Waals surface area contributed by atoms with Crippen molar-refractivity contribution in [2.75, 3.05) is 13.1 Å². The van der Waals surface area contributed by atoms with Gasteiger partial charge in [0.05, 0.1) is 0 Å². The third-order valence-corrected chi connectivity index (χ3v) is 5.43. The van der Waals surface area contributed by atoms with Crippen LogP contribution < -0.4 is 0 Å². The van der Waals surface area contributed by atoms with Gasteiger partial charge in [0.15, 0.2) is 3.77 Å². The first kappa shape index (κ1) is 16.4. The highest BCUT2D eigenvalue weighted by Crippen LogP contribution is 2.33. The molecule has 1 aliphatic rings. The number of carbonyl (C=O) groups is 1. The summed E-state index contributed by atoms with van der Waals surface area (Å²) < 4.78 is 6.28. The fourth-order valence-corrected chi connectivity index (χ4v) is 3.95. The zero-order valence-corrected chi connectivity index (χ0v) is 15.9. The maximum atomic E-state index is 12.4. The highest BCUT2D eigenvalue weighted by atomic mass is 127. The van der Waals surface area contributed by atoms with Gasteiger partial charge in [-0.15, -0.1) is 0 Å². The number of aromatic amines is 1. The monoisotopic (exact) mass is 446 g/mol. The lowest BCUT2D eigenvalue weighted by molar-refractivity contribution is -0.126. The molecule has 1 saturated heterocycles. The predicted octanol–water partition coefficient (Wildman–Crippen LogP) is 4.78. The number of rotatable bonds is 3. The molecule has 0 bridgehead atoms. The molecule has 128 valence electrons. The standard InChI is InChI=1S/C20H19IN2O2/c21-19-7-5-15(25-19)6-8-20(24)23-11-9-14(10-12-23)17-13-22-18-4-2-1-3-16(17)18/h1-8,13-14,22H,9-12H2/b8-6+. The SMILES string of the molecule is O=C(/C=C/c1ccc(I)o1)N1CCC(c2c[nH]c3ccccc23)CC1. The van der Waals surface area contributed by atoms with Crippen LogP contribution in [0.25, 0.3) is 17.0 Å². The lowest BCUT2D eigenvalue weighted by atomic mass is 9.89. The van der Waals surface area contributed by atoms with Crippen LogP contribution in [0, 0.1) is 3.77 Å². The molecule has 0 aliphatic carbocycles. The van der Waals surface area contributed by atoms with Crippen molar-refractivity contribution in [3.05, 3.63) is 63.8 Å². The number of fused-ring (bicyclic) bond motifs is 1. The van der Waals surface area contributed by atoms with Crippen molar-refractivity contribution in [3.63, 3.8) is 0 Å². The van der Waals surface area contributed by atoms with Crippen LogP contribution in [0.2, 0.25) is 0 Å². The van der Waals surface area contributed by atoms with E-state index in [4.69, 9.17) is 4.42 Å². The molecular weight excluding hydrogens is 427 g/mol. The molecule has 2 aromatic heterocycles. The van der Waals surface area contributed by atoms with Gasteiger partial charge in [-0.2, -0.15) is 0 Å². The number of hydrogen-bond acceptors (Lipinski definition) is 2. The molecule has 0 unspecified atom stereocenters. The third-order valence-electron chi connectivity index (χ3n) is 4.85. The molecule has 1 N–H and O–H groups in total. The number of nitrogens with one attached hydrogen (secondary N) is 1. The van der Waals surface area contributed by atoms with E-state index in [0.29, 0.717) is 11.7 Å². The minimum absolute atomic E-state index is 0.0591. The summed E-state index contributed by atoms with van der Waals surface area (Å²) in [6.07, 6.45) is 7.49. The normalized spacial score (nSPS) is 16.1. The molecule has 0 saturated carbocycles. The molecule has 3 aromatic rings. The number of para-hydroxylation sites is 1. The fraction of sp³-hybridized carbons (Fsp3) is 0.250. The van der Waals surface area contributed by atoms with Gasteiger partial charge in [0.25, 0.3) is 0 Å². The van der Waals surface area contributed by atoms with Gasteiger partial charge in [-0.1, -0.05) is 18.2 Å². The van der Waals surface area contributed by atoms with E-state index in [-0.39, 0.29) is 5.91 Å². The van der Waals surface area contributed by atoms with Crippen molar-refractivity contribution >= 4 is 45.5 Å². The molecule has 3 heterocycles. The van der Waals surface area contributed by atoms with Gasteiger partial charge in [0, 0.05) is 36.3 Å². The van der Waals surface area contributed by atoms with Gasteiger partial charge in [-0.05, 0) is 71.2 Å². The largest absolute Gasteiger partial charge is 0.451 e. The topological polar surface area (TPSA) is 49.2 Å². The van der Waals surface area contributed by atoms with E-state index >= 15 is 0 Å². The number of H-pyrrole nitrogens is 1. The smallest absolute Gasteiger partial charge is 0.246 e. The van der Waals surface area contributed by atoms with Gasteiger partial charge < -0.3 is 14.3 Å². The van der Waals surface area contributed by atoms with E-state index in [1.165, 1.54) is 16.5 Å². The Kier molecular flexibility index (Phi) is 4.65. The van der Waals surface area contributed by atoms with Crippen molar-refractivity contribution < 1.29 is 9.21 Å². The molecule has 4 nitrogen and oxygen atoms in total. The number of halogens is 1. The molecule has 0 spiro atoms. The number of likely N-dealkylation sites (tertiary alicyclic amines) is 1. The first-order valence-electron chi connectivity index (χ1n) is 8.49. The molecule has 1 aromatic carbocycles. The van der Waals surface area contributed by atoms with Crippen LogP contribution in [-0.2, 0) is 4.79 Å². The Hall–Kier alpha value is -2.02. The Morgan fingerprint density at radius 2 is 2.00 bits per heavy atom. The first-order valence-corrected chi connectivity index (χ1v) is 9.57. The molecule has 1 amide bonds. The van der Waals surface area contributed by atoms with Crippen LogP contribution in [0.5, 0.6) is 0 Å². The van der Waals surface area contributed by atoms with E-state index in [1.54, 1.807) is 12.2 Å². The Bertz CT molecular complexity index is 917. The third kappa shape index (κ3) is 3.51. The average molecular weight is 446 g/mol. The molecule has 1 fully saturated rings.